The van der Waals surface area contributed by atoms with Crippen LogP contribution in [0.2, 0.25) is 0 Å². The second kappa shape index (κ2) is 5.21. The van der Waals surface area contributed by atoms with E-state index in [-0.39, 0.29) is 18.1 Å². The predicted octanol–water partition coefficient (Wildman–Crippen LogP) is 1.00. The van der Waals surface area contributed by atoms with Gasteiger partial charge in [-0.3, -0.25) is 4.68 Å². The first kappa shape index (κ1) is 13.9. The molecule has 6 nitrogen and oxygen atoms in total. The van der Waals surface area contributed by atoms with Crippen molar-refractivity contribution in [1.29, 1.82) is 0 Å². The van der Waals surface area contributed by atoms with Crippen LogP contribution in [-0.2, 0) is 11.8 Å². The van der Waals surface area contributed by atoms with E-state index in [0.717, 1.165) is 18.8 Å². The van der Waals surface area contributed by atoms with Crippen molar-refractivity contribution in [2.24, 2.45) is 7.05 Å². The minimum atomic E-state index is -0.474. The predicted molar refractivity (Wildman–Crippen MR) is 72.0 cm³/mol. The molecule has 0 unspecified atom stereocenters. The molecule has 1 aliphatic rings. The molecule has 2 N–H and O–H groups in total. The van der Waals surface area contributed by atoms with Crippen LogP contribution in [0.15, 0.2) is 12.3 Å². The minimum absolute atomic E-state index is 0.0326. The van der Waals surface area contributed by atoms with Gasteiger partial charge in [0.05, 0.1) is 6.04 Å². The largest absolute Gasteiger partial charge is 0.444 e. The summed E-state index contributed by atoms with van der Waals surface area (Å²) >= 11 is 0. The molecule has 1 aromatic rings. The Morgan fingerprint density at radius 1 is 1.53 bits per heavy atom. The van der Waals surface area contributed by atoms with Crippen molar-refractivity contribution in [1.82, 2.24) is 20.4 Å². The van der Waals surface area contributed by atoms with Crippen molar-refractivity contribution >= 4 is 6.09 Å². The number of amides is 1. The van der Waals surface area contributed by atoms with Crippen LogP contribution in [0.1, 0.15) is 32.4 Å². The normalized spacial score (nSPS) is 23.4. The first-order valence-electron chi connectivity index (χ1n) is 6.55. The van der Waals surface area contributed by atoms with Gasteiger partial charge in [0, 0.05) is 37.9 Å². The van der Waals surface area contributed by atoms with E-state index in [1.54, 1.807) is 6.20 Å². The molecule has 2 heterocycles. The Kier molecular flexibility index (Phi) is 3.80. The molecule has 2 atom stereocenters. The number of aromatic nitrogens is 2. The molecule has 0 saturated carbocycles. The average molecular weight is 266 g/mol. The Hall–Kier alpha value is -1.56. The molecule has 2 rings (SSSR count). The highest BCUT2D eigenvalue weighted by atomic mass is 16.6. The number of aryl methyl sites for hydroxylation is 1. The van der Waals surface area contributed by atoms with Crippen molar-refractivity contribution < 1.29 is 9.53 Å². The fourth-order valence-electron chi connectivity index (χ4n) is 2.35. The second-order valence-electron chi connectivity index (χ2n) is 5.90. The van der Waals surface area contributed by atoms with Crippen LogP contribution in [0.3, 0.4) is 0 Å². The monoisotopic (exact) mass is 266 g/mol. The molecule has 1 aliphatic heterocycles. The highest BCUT2D eigenvalue weighted by Crippen LogP contribution is 2.22. The third-order valence-electron chi connectivity index (χ3n) is 3.16. The third-order valence-corrected chi connectivity index (χ3v) is 3.16. The Bertz CT molecular complexity index is 450. The number of hydrogen-bond donors (Lipinski definition) is 2. The molecule has 0 spiro atoms. The quantitative estimate of drug-likeness (QED) is 0.838. The fourth-order valence-corrected chi connectivity index (χ4v) is 2.35. The van der Waals surface area contributed by atoms with E-state index in [0.29, 0.717) is 0 Å². The summed E-state index contributed by atoms with van der Waals surface area (Å²) in [4.78, 5) is 11.8. The molecule has 1 fully saturated rings. The number of alkyl carbamates (subject to hydrolysis) is 1. The van der Waals surface area contributed by atoms with Crippen molar-refractivity contribution in [3.8, 4) is 0 Å². The SMILES string of the molecule is Cn1nccc1[C@@H]1CNC[C@H]1NC(=O)OC(C)(C)C. The van der Waals surface area contributed by atoms with Crippen LogP contribution >= 0.6 is 0 Å². The van der Waals surface area contributed by atoms with Gasteiger partial charge < -0.3 is 15.4 Å². The van der Waals surface area contributed by atoms with E-state index < -0.39 is 5.60 Å². The average Bonchev–Trinajstić information content (AvgIpc) is 2.83. The van der Waals surface area contributed by atoms with Crippen molar-refractivity contribution in [3.05, 3.63) is 18.0 Å². The number of carbonyl (C=O) groups is 1. The van der Waals surface area contributed by atoms with E-state index in [4.69, 9.17) is 4.74 Å². The standard InChI is InChI=1S/C13H22N4O2/c1-13(2,3)19-12(18)16-10-8-14-7-9(10)11-5-6-15-17(11)4/h5-6,9-10,14H,7-8H2,1-4H3,(H,16,18)/t9-,10-/m1/s1. The van der Waals surface area contributed by atoms with Gasteiger partial charge >= 0.3 is 6.09 Å². The van der Waals surface area contributed by atoms with Gasteiger partial charge in [-0.1, -0.05) is 0 Å². The molecular formula is C13H22N4O2. The maximum Gasteiger partial charge on any atom is 0.407 e. The molecule has 0 aromatic carbocycles. The number of nitrogens with zero attached hydrogens (tertiary/aromatic N) is 2. The Morgan fingerprint density at radius 2 is 2.26 bits per heavy atom. The number of nitrogens with one attached hydrogen (secondary N) is 2. The lowest BCUT2D eigenvalue weighted by atomic mass is 10.00. The molecule has 0 radical (unpaired) electrons. The van der Waals surface area contributed by atoms with E-state index in [2.05, 4.69) is 15.7 Å². The molecule has 1 aromatic heterocycles. The number of carbonyl (C=O) groups excluding carboxylic acids is 1. The van der Waals surface area contributed by atoms with Crippen molar-refractivity contribution in [2.45, 2.75) is 38.3 Å². The number of rotatable bonds is 2. The highest BCUT2D eigenvalue weighted by Gasteiger charge is 2.32. The van der Waals surface area contributed by atoms with Crippen LogP contribution in [-0.4, -0.2) is 40.6 Å². The summed E-state index contributed by atoms with van der Waals surface area (Å²) in [5, 5.41) is 10.4. The van der Waals surface area contributed by atoms with Crippen LogP contribution in [0.5, 0.6) is 0 Å². The molecule has 0 aliphatic carbocycles. The van der Waals surface area contributed by atoms with Crippen LogP contribution in [0.25, 0.3) is 0 Å². The van der Waals surface area contributed by atoms with Crippen molar-refractivity contribution in [3.63, 3.8) is 0 Å². The molecule has 6 heteroatoms. The molecule has 0 bridgehead atoms. The zero-order chi connectivity index (χ0) is 14.0. The van der Waals surface area contributed by atoms with Gasteiger partial charge in [0.2, 0.25) is 0 Å². The van der Waals surface area contributed by atoms with Gasteiger partial charge in [-0.2, -0.15) is 5.10 Å². The second-order valence-corrected chi connectivity index (χ2v) is 5.90. The third kappa shape index (κ3) is 3.47. The summed E-state index contributed by atoms with van der Waals surface area (Å²) in [5.74, 6) is 0.222. The van der Waals surface area contributed by atoms with E-state index >= 15 is 0 Å². The lowest BCUT2D eigenvalue weighted by molar-refractivity contribution is 0.0504. The highest BCUT2D eigenvalue weighted by molar-refractivity contribution is 5.68. The van der Waals surface area contributed by atoms with Gasteiger partial charge in [-0.05, 0) is 26.8 Å². The summed E-state index contributed by atoms with van der Waals surface area (Å²) in [6.45, 7) is 7.16. The molecular weight excluding hydrogens is 244 g/mol. The van der Waals surface area contributed by atoms with E-state index in [1.165, 1.54) is 0 Å². The summed E-state index contributed by atoms with van der Waals surface area (Å²) < 4.78 is 7.14. The lowest BCUT2D eigenvalue weighted by Crippen LogP contribution is -2.42. The zero-order valence-electron chi connectivity index (χ0n) is 11.9. The summed E-state index contributed by atoms with van der Waals surface area (Å²) in [6.07, 6.45) is 1.41. The van der Waals surface area contributed by atoms with Gasteiger partial charge in [0.1, 0.15) is 5.60 Å². The molecule has 1 saturated heterocycles. The van der Waals surface area contributed by atoms with Gasteiger partial charge in [-0.15, -0.1) is 0 Å². The van der Waals surface area contributed by atoms with E-state index in [9.17, 15) is 4.79 Å². The zero-order valence-corrected chi connectivity index (χ0v) is 11.9. The molecule has 1 amide bonds. The Balaban J connectivity index is 2.00. The maximum absolute atomic E-state index is 11.8. The summed E-state index contributed by atoms with van der Waals surface area (Å²) in [6, 6.07) is 2.02. The van der Waals surface area contributed by atoms with Gasteiger partial charge in [0.25, 0.3) is 0 Å². The summed E-state index contributed by atoms with van der Waals surface area (Å²) in [7, 11) is 1.91. The van der Waals surface area contributed by atoms with Crippen LogP contribution < -0.4 is 10.6 Å². The van der Waals surface area contributed by atoms with Crippen molar-refractivity contribution in [2.75, 3.05) is 13.1 Å². The number of hydrogen-bond acceptors (Lipinski definition) is 4. The molecule has 106 valence electrons. The smallest absolute Gasteiger partial charge is 0.407 e. The fraction of sp³-hybridized carbons (Fsp3) is 0.692. The lowest BCUT2D eigenvalue weighted by Gasteiger charge is -2.24. The van der Waals surface area contributed by atoms with E-state index in [1.807, 2.05) is 38.6 Å². The topological polar surface area (TPSA) is 68.2 Å². The minimum Gasteiger partial charge on any atom is -0.444 e. The first-order valence-corrected chi connectivity index (χ1v) is 6.55. The Labute approximate surface area is 113 Å². The Morgan fingerprint density at radius 3 is 2.84 bits per heavy atom. The molecule has 19 heavy (non-hydrogen) atoms. The summed E-state index contributed by atoms with van der Waals surface area (Å²) in [5.41, 5.74) is 0.643. The maximum atomic E-state index is 11.8. The number of ether oxygens (including phenoxy) is 1. The van der Waals surface area contributed by atoms with Gasteiger partial charge in [-0.25, -0.2) is 4.79 Å². The van der Waals surface area contributed by atoms with Gasteiger partial charge in [0.15, 0.2) is 0 Å². The van der Waals surface area contributed by atoms with Crippen LogP contribution in [0, 0.1) is 0 Å². The first-order chi connectivity index (χ1) is 8.87. The van der Waals surface area contributed by atoms with Crippen LogP contribution in [0.4, 0.5) is 4.79 Å².